The minimum absolute atomic E-state index is 0.0246. The first-order valence-electron chi connectivity index (χ1n) is 3.28. The number of thiol groups is 1. The Hall–Kier alpha value is -0.220. The molecule has 10 heavy (non-hydrogen) atoms. The lowest BCUT2D eigenvalue weighted by Gasteiger charge is -2.09. The normalized spacial score (nSPS) is 12.7. The average molecular weight is 162 g/mol. The molecule has 0 rings (SSSR count). The zero-order valence-electron chi connectivity index (χ0n) is 6.35. The van der Waals surface area contributed by atoms with Crippen LogP contribution in [0.2, 0.25) is 0 Å². The highest BCUT2D eigenvalue weighted by Crippen LogP contribution is 1.78. The summed E-state index contributed by atoms with van der Waals surface area (Å²) in [5, 5.41) is 5.54. The Kier molecular flexibility index (Phi) is 5.43. The van der Waals surface area contributed by atoms with Gasteiger partial charge in [-0.05, 0) is 14.0 Å². The summed E-state index contributed by atoms with van der Waals surface area (Å²) in [6.45, 7) is 2.45. The number of carbonyl (C=O) groups excluding carboxylic acids is 1. The highest BCUT2D eigenvalue weighted by molar-refractivity contribution is 7.80. The van der Waals surface area contributed by atoms with E-state index >= 15 is 0 Å². The van der Waals surface area contributed by atoms with E-state index in [9.17, 15) is 4.79 Å². The molecule has 0 saturated carbocycles. The Balaban J connectivity index is 3.42. The molecule has 0 aromatic rings. The van der Waals surface area contributed by atoms with Crippen LogP contribution in [0.1, 0.15) is 6.92 Å². The van der Waals surface area contributed by atoms with Crippen LogP contribution in [0.4, 0.5) is 0 Å². The third-order valence-corrected chi connectivity index (χ3v) is 1.46. The number of nitrogens with one attached hydrogen (secondary N) is 2. The van der Waals surface area contributed by atoms with Gasteiger partial charge < -0.3 is 10.6 Å². The number of amides is 1. The monoisotopic (exact) mass is 162 g/mol. The Labute approximate surface area is 67.0 Å². The van der Waals surface area contributed by atoms with Crippen molar-refractivity contribution in [2.45, 2.75) is 13.0 Å². The van der Waals surface area contributed by atoms with Gasteiger partial charge in [0, 0.05) is 12.3 Å². The van der Waals surface area contributed by atoms with Gasteiger partial charge in [0.1, 0.15) is 0 Å². The molecule has 3 nitrogen and oxygen atoms in total. The molecule has 0 aliphatic rings. The number of hydrogen-bond acceptors (Lipinski definition) is 3. The maximum atomic E-state index is 10.9. The zero-order chi connectivity index (χ0) is 7.98. The molecule has 0 aromatic carbocycles. The number of likely N-dealkylation sites (N-methyl/N-ethyl adjacent to an activating group) is 1. The average Bonchev–Trinajstić information content (AvgIpc) is 1.98. The molecule has 0 aliphatic heterocycles. The first-order valence-corrected chi connectivity index (χ1v) is 3.91. The van der Waals surface area contributed by atoms with Crippen molar-refractivity contribution in [3.8, 4) is 0 Å². The molecule has 0 aliphatic carbocycles. The Morgan fingerprint density at radius 3 is 2.70 bits per heavy atom. The molecule has 0 saturated heterocycles. The van der Waals surface area contributed by atoms with Gasteiger partial charge in [-0.15, -0.1) is 0 Å². The van der Waals surface area contributed by atoms with Gasteiger partial charge in [0.05, 0.1) is 6.04 Å². The van der Waals surface area contributed by atoms with Crippen LogP contribution in [0.3, 0.4) is 0 Å². The van der Waals surface area contributed by atoms with Crippen LogP contribution in [0, 0.1) is 0 Å². The second-order valence-corrected chi connectivity index (χ2v) is 2.47. The van der Waals surface area contributed by atoms with Gasteiger partial charge in [0.25, 0.3) is 0 Å². The van der Waals surface area contributed by atoms with Crippen LogP contribution in [0.5, 0.6) is 0 Å². The predicted molar refractivity (Wildman–Crippen MR) is 45.4 cm³/mol. The van der Waals surface area contributed by atoms with E-state index in [2.05, 4.69) is 23.3 Å². The van der Waals surface area contributed by atoms with Crippen LogP contribution < -0.4 is 10.6 Å². The van der Waals surface area contributed by atoms with Gasteiger partial charge in [-0.3, -0.25) is 4.79 Å². The molecule has 0 heterocycles. The number of carbonyl (C=O) groups is 1. The fraction of sp³-hybridized carbons (Fsp3) is 0.833. The minimum atomic E-state index is -0.111. The van der Waals surface area contributed by atoms with Gasteiger partial charge in [-0.1, -0.05) is 0 Å². The van der Waals surface area contributed by atoms with Crippen molar-refractivity contribution < 1.29 is 4.79 Å². The fourth-order valence-corrected chi connectivity index (χ4v) is 0.575. The van der Waals surface area contributed by atoms with E-state index in [4.69, 9.17) is 0 Å². The summed E-state index contributed by atoms with van der Waals surface area (Å²) in [5.74, 6) is 0.707. The molecular formula is C6H14N2OS. The van der Waals surface area contributed by atoms with E-state index in [1.807, 2.05) is 6.92 Å². The van der Waals surface area contributed by atoms with Crippen molar-refractivity contribution in [3.05, 3.63) is 0 Å². The first kappa shape index (κ1) is 9.78. The van der Waals surface area contributed by atoms with Crippen molar-refractivity contribution in [1.29, 1.82) is 0 Å². The molecule has 2 N–H and O–H groups in total. The van der Waals surface area contributed by atoms with Gasteiger partial charge in [0.15, 0.2) is 0 Å². The Morgan fingerprint density at radius 1 is 1.70 bits per heavy atom. The Morgan fingerprint density at radius 2 is 2.30 bits per heavy atom. The minimum Gasteiger partial charge on any atom is -0.354 e. The predicted octanol–water partition coefficient (Wildman–Crippen LogP) is -0.360. The maximum Gasteiger partial charge on any atom is 0.236 e. The van der Waals surface area contributed by atoms with Crippen LogP contribution in [0.25, 0.3) is 0 Å². The maximum absolute atomic E-state index is 10.9. The van der Waals surface area contributed by atoms with E-state index in [0.29, 0.717) is 12.3 Å². The van der Waals surface area contributed by atoms with Gasteiger partial charge in [-0.25, -0.2) is 0 Å². The van der Waals surface area contributed by atoms with Crippen molar-refractivity contribution in [2.75, 3.05) is 19.3 Å². The number of hydrogen-bond donors (Lipinski definition) is 3. The lowest BCUT2D eigenvalue weighted by molar-refractivity contribution is -0.122. The summed E-state index contributed by atoms with van der Waals surface area (Å²) in [4.78, 5) is 10.9. The van der Waals surface area contributed by atoms with Crippen molar-refractivity contribution in [1.82, 2.24) is 10.6 Å². The summed E-state index contributed by atoms with van der Waals surface area (Å²) >= 11 is 3.96. The SMILES string of the molecule is CNC(C)C(=O)NCCS. The van der Waals surface area contributed by atoms with E-state index in [0.717, 1.165) is 0 Å². The van der Waals surface area contributed by atoms with E-state index in [1.165, 1.54) is 0 Å². The molecule has 1 atom stereocenters. The van der Waals surface area contributed by atoms with Crippen molar-refractivity contribution >= 4 is 18.5 Å². The highest BCUT2D eigenvalue weighted by Gasteiger charge is 2.07. The summed E-state index contributed by atoms with van der Waals surface area (Å²) in [6.07, 6.45) is 0. The van der Waals surface area contributed by atoms with Crippen LogP contribution in [-0.2, 0) is 4.79 Å². The molecule has 1 unspecified atom stereocenters. The molecule has 1 amide bonds. The van der Waals surface area contributed by atoms with Crippen LogP contribution in [0.15, 0.2) is 0 Å². The molecule has 4 heteroatoms. The summed E-state index contributed by atoms with van der Waals surface area (Å²) in [5.41, 5.74) is 0. The fourth-order valence-electron chi connectivity index (χ4n) is 0.463. The van der Waals surface area contributed by atoms with E-state index in [1.54, 1.807) is 7.05 Å². The second-order valence-electron chi connectivity index (χ2n) is 2.02. The standard InChI is InChI=1S/C6H14N2OS/c1-5(7-2)6(9)8-3-4-10/h5,7,10H,3-4H2,1-2H3,(H,8,9). The van der Waals surface area contributed by atoms with Gasteiger partial charge >= 0.3 is 0 Å². The molecular weight excluding hydrogens is 148 g/mol. The molecule has 0 bridgehead atoms. The summed E-state index contributed by atoms with van der Waals surface area (Å²) < 4.78 is 0. The summed E-state index contributed by atoms with van der Waals surface area (Å²) in [7, 11) is 1.75. The third kappa shape index (κ3) is 3.74. The van der Waals surface area contributed by atoms with Crippen LogP contribution in [-0.4, -0.2) is 31.3 Å². The zero-order valence-corrected chi connectivity index (χ0v) is 7.24. The third-order valence-electron chi connectivity index (χ3n) is 1.24. The van der Waals surface area contributed by atoms with Crippen molar-refractivity contribution in [3.63, 3.8) is 0 Å². The van der Waals surface area contributed by atoms with Crippen molar-refractivity contribution in [2.24, 2.45) is 0 Å². The van der Waals surface area contributed by atoms with Gasteiger partial charge in [0.2, 0.25) is 5.91 Å². The first-order chi connectivity index (χ1) is 4.72. The Bertz CT molecular complexity index is 108. The second kappa shape index (κ2) is 5.56. The topological polar surface area (TPSA) is 41.1 Å². The quantitative estimate of drug-likeness (QED) is 0.494. The van der Waals surface area contributed by atoms with E-state index in [-0.39, 0.29) is 11.9 Å². The molecule has 0 aromatic heterocycles. The lowest BCUT2D eigenvalue weighted by Crippen LogP contribution is -2.41. The number of rotatable bonds is 4. The molecule has 0 spiro atoms. The molecule has 60 valence electrons. The van der Waals surface area contributed by atoms with E-state index < -0.39 is 0 Å². The summed E-state index contributed by atoms with van der Waals surface area (Å²) in [6, 6.07) is -0.111. The largest absolute Gasteiger partial charge is 0.354 e. The molecule has 0 fully saturated rings. The molecule has 0 radical (unpaired) electrons. The smallest absolute Gasteiger partial charge is 0.236 e. The highest BCUT2D eigenvalue weighted by atomic mass is 32.1. The lowest BCUT2D eigenvalue weighted by atomic mass is 10.3. The van der Waals surface area contributed by atoms with Crippen LogP contribution >= 0.6 is 12.6 Å². The van der Waals surface area contributed by atoms with Gasteiger partial charge in [-0.2, -0.15) is 12.6 Å².